The second-order valence-corrected chi connectivity index (χ2v) is 11.9. The minimum atomic E-state index is -0.833. The van der Waals surface area contributed by atoms with Crippen LogP contribution in [0.2, 0.25) is 0 Å². The first kappa shape index (κ1) is 31.4. The molecule has 0 radical (unpaired) electrons. The molecule has 8 nitrogen and oxygen atoms in total. The molecule has 0 spiro atoms. The quantitative estimate of drug-likeness (QED) is 0.110. The molecule has 2 heterocycles. The third-order valence-corrected chi connectivity index (χ3v) is 8.69. The van der Waals surface area contributed by atoms with Crippen LogP contribution in [0.1, 0.15) is 66.8 Å². The lowest BCUT2D eigenvalue weighted by Crippen LogP contribution is -2.35. The molecule has 0 atom stereocenters. The summed E-state index contributed by atoms with van der Waals surface area (Å²) in [6, 6.07) is 23.1. The van der Waals surface area contributed by atoms with Gasteiger partial charge in [0.15, 0.2) is 0 Å². The van der Waals surface area contributed by atoms with Gasteiger partial charge in [-0.05, 0) is 101 Å². The second-order valence-electron chi connectivity index (χ2n) is 11.9. The number of rotatable bonds is 12. The number of carbonyl (C=O) groups is 2. The first-order valence-corrected chi connectivity index (χ1v) is 15.6. The molecule has 3 aromatic carbocycles. The number of hydrogen-bond donors (Lipinski definition) is 0. The number of esters is 2. The number of carbonyl (C=O) groups excluding carboxylic acids is 2. The summed E-state index contributed by atoms with van der Waals surface area (Å²) >= 11 is 0. The maximum atomic E-state index is 13.1. The van der Waals surface area contributed by atoms with Crippen molar-refractivity contribution in [2.45, 2.75) is 57.9 Å². The molecule has 1 aromatic heterocycles. The summed E-state index contributed by atoms with van der Waals surface area (Å²) in [6.07, 6.45) is 3.15. The van der Waals surface area contributed by atoms with E-state index in [9.17, 15) is 9.59 Å². The number of likely N-dealkylation sites (tertiary alicyclic amines) is 1. The molecule has 0 unspecified atom stereocenters. The van der Waals surface area contributed by atoms with Crippen molar-refractivity contribution in [3.63, 3.8) is 0 Å². The second kappa shape index (κ2) is 14.2. The van der Waals surface area contributed by atoms with Crippen LogP contribution in [0.5, 0.6) is 5.75 Å². The molecule has 0 aliphatic carbocycles. The van der Waals surface area contributed by atoms with E-state index in [2.05, 4.69) is 45.9 Å². The summed E-state index contributed by atoms with van der Waals surface area (Å²) in [7, 11) is 1.33. The van der Waals surface area contributed by atoms with Gasteiger partial charge in [-0.15, -0.1) is 0 Å². The maximum Gasteiger partial charge on any atom is 0.337 e. The van der Waals surface area contributed by atoms with E-state index in [0.29, 0.717) is 23.8 Å². The molecule has 232 valence electrons. The molecule has 1 aliphatic rings. The van der Waals surface area contributed by atoms with Gasteiger partial charge in [0.05, 0.1) is 35.7 Å². The number of benzene rings is 3. The van der Waals surface area contributed by atoms with Crippen LogP contribution < -0.4 is 4.74 Å². The average Bonchev–Trinajstić information content (AvgIpc) is 3.42. The number of aromatic nitrogens is 2. The normalized spacial score (nSPS) is 14.5. The number of nitrogens with zero attached hydrogens (tertiary/aromatic N) is 3. The van der Waals surface area contributed by atoms with Crippen LogP contribution in [0.4, 0.5) is 0 Å². The van der Waals surface area contributed by atoms with Crippen LogP contribution in [0.15, 0.2) is 72.8 Å². The Labute approximate surface area is 259 Å². The topological polar surface area (TPSA) is 82.9 Å². The lowest BCUT2D eigenvalue weighted by molar-refractivity contribution is -0.139. The Morgan fingerprint density at radius 2 is 1.64 bits per heavy atom. The van der Waals surface area contributed by atoms with Crippen molar-refractivity contribution >= 4 is 23.0 Å². The number of fused-ring (bicyclic) bond motifs is 1. The van der Waals surface area contributed by atoms with E-state index in [-0.39, 0.29) is 5.97 Å². The molecule has 0 amide bonds. The molecule has 1 saturated heterocycles. The third-order valence-electron chi connectivity index (χ3n) is 8.69. The summed E-state index contributed by atoms with van der Waals surface area (Å²) < 4.78 is 18.4. The Hall–Kier alpha value is -4.01. The Bertz CT molecular complexity index is 1550. The highest BCUT2D eigenvalue weighted by Gasteiger charge is 2.32. The van der Waals surface area contributed by atoms with Crippen molar-refractivity contribution in [1.82, 2.24) is 14.5 Å². The number of imidazole rings is 1. The number of hydrogen-bond acceptors (Lipinski definition) is 7. The predicted molar refractivity (Wildman–Crippen MR) is 171 cm³/mol. The van der Waals surface area contributed by atoms with Gasteiger partial charge in [0, 0.05) is 25.6 Å². The van der Waals surface area contributed by atoms with Crippen molar-refractivity contribution < 1.29 is 23.8 Å². The van der Waals surface area contributed by atoms with Crippen molar-refractivity contribution in [2.75, 3.05) is 40.0 Å². The monoisotopic (exact) mass is 597 g/mol. The molecule has 4 aromatic rings. The van der Waals surface area contributed by atoms with Crippen molar-refractivity contribution in [3.05, 3.63) is 95.3 Å². The molecule has 1 fully saturated rings. The zero-order chi connectivity index (χ0) is 31.1. The maximum absolute atomic E-state index is 13.1. The predicted octanol–water partition coefficient (Wildman–Crippen LogP) is 6.16. The van der Waals surface area contributed by atoms with Gasteiger partial charge in [-0.1, -0.05) is 36.4 Å². The van der Waals surface area contributed by atoms with Gasteiger partial charge in [0.1, 0.15) is 11.6 Å². The summed E-state index contributed by atoms with van der Waals surface area (Å²) in [5, 5.41) is 0. The minimum Gasteiger partial charge on any atom is -0.465 e. The largest absolute Gasteiger partial charge is 0.465 e. The van der Waals surface area contributed by atoms with Crippen molar-refractivity contribution in [1.29, 1.82) is 0 Å². The van der Waals surface area contributed by atoms with E-state index in [1.807, 2.05) is 32.9 Å². The van der Waals surface area contributed by atoms with E-state index in [1.54, 1.807) is 24.3 Å². The van der Waals surface area contributed by atoms with Gasteiger partial charge in [-0.3, -0.25) is 4.79 Å². The van der Waals surface area contributed by atoms with Gasteiger partial charge in [0.25, 0.3) is 0 Å². The van der Waals surface area contributed by atoms with Gasteiger partial charge >= 0.3 is 11.9 Å². The van der Waals surface area contributed by atoms with E-state index < -0.39 is 11.4 Å². The van der Waals surface area contributed by atoms with Crippen molar-refractivity contribution in [2.24, 2.45) is 0 Å². The fourth-order valence-electron chi connectivity index (χ4n) is 5.86. The Balaban J connectivity index is 1.13. The number of ether oxygens (including phenoxy) is 3. The number of methoxy groups -OCH3 is 1. The molecular formula is C36H43N3O5. The minimum absolute atomic E-state index is 0.356. The van der Waals surface area contributed by atoms with Crippen molar-refractivity contribution in [3.8, 4) is 5.75 Å². The smallest absolute Gasteiger partial charge is 0.337 e. The summed E-state index contributed by atoms with van der Waals surface area (Å²) in [5.74, 6) is 1.25. The molecule has 0 bridgehead atoms. The molecule has 44 heavy (non-hydrogen) atoms. The summed E-state index contributed by atoms with van der Waals surface area (Å²) in [6.45, 7) is 11.1. The molecule has 8 heteroatoms. The third kappa shape index (κ3) is 7.20. The number of piperidine rings is 1. The fourth-order valence-corrected chi connectivity index (χ4v) is 5.86. The van der Waals surface area contributed by atoms with Gasteiger partial charge in [0.2, 0.25) is 0 Å². The highest BCUT2D eigenvalue weighted by atomic mass is 16.5. The molecule has 1 aliphatic heterocycles. The van der Waals surface area contributed by atoms with Crippen LogP contribution in [0, 0.1) is 0 Å². The van der Waals surface area contributed by atoms with E-state index in [4.69, 9.17) is 19.2 Å². The lowest BCUT2D eigenvalue weighted by Gasteiger charge is -2.32. The standard InChI is InChI=1S/C36H43N3O5/c1-5-43-25-24-39-32-9-7-6-8-31(32)37-33(39)27-19-22-38(23-20-27)21-18-26-10-14-29(15-11-26)36(2,3)35(41)44-30-16-12-28(13-17-30)34(40)42-4/h6-17,27H,5,18-25H2,1-4H3. The van der Waals surface area contributed by atoms with Crippen LogP contribution in [-0.2, 0) is 32.6 Å². The molecule has 5 rings (SSSR count). The zero-order valence-electron chi connectivity index (χ0n) is 26.3. The first-order chi connectivity index (χ1) is 21.3. The zero-order valence-corrected chi connectivity index (χ0v) is 26.3. The van der Waals surface area contributed by atoms with E-state index >= 15 is 0 Å². The van der Waals surface area contributed by atoms with E-state index in [1.165, 1.54) is 24.0 Å². The van der Waals surface area contributed by atoms with Gasteiger partial charge in [-0.2, -0.15) is 0 Å². The first-order valence-electron chi connectivity index (χ1n) is 15.6. The SMILES string of the molecule is CCOCCn1c(C2CCN(CCc3ccc(C(C)(C)C(=O)Oc4ccc(C(=O)OC)cc4)cc3)CC2)nc2ccccc21. The Morgan fingerprint density at radius 3 is 2.32 bits per heavy atom. The fraction of sp³-hybridized carbons (Fsp3) is 0.417. The van der Waals surface area contributed by atoms with Crippen LogP contribution in [0.25, 0.3) is 11.0 Å². The van der Waals surface area contributed by atoms with Crippen LogP contribution in [0.3, 0.4) is 0 Å². The highest BCUT2D eigenvalue weighted by molar-refractivity contribution is 5.89. The average molecular weight is 598 g/mol. The Morgan fingerprint density at radius 1 is 0.932 bits per heavy atom. The number of para-hydroxylation sites is 2. The summed E-state index contributed by atoms with van der Waals surface area (Å²) in [4.78, 5) is 32.3. The molecular weight excluding hydrogens is 554 g/mol. The lowest BCUT2D eigenvalue weighted by atomic mass is 9.84. The van der Waals surface area contributed by atoms with Crippen LogP contribution >= 0.6 is 0 Å². The van der Waals surface area contributed by atoms with Crippen LogP contribution in [-0.4, -0.2) is 66.3 Å². The molecule has 0 saturated carbocycles. The summed E-state index contributed by atoms with van der Waals surface area (Å²) in [5.41, 5.74) is 3.97. The molecule has 0 N–H and O–H groups in total. The highest BCUT2D eigenvalue weighted by Crippen LogP contribution is 2.31. The van der Waals surface area contributed by atoms with Gasteiger partial charge in [-0.25, -0.2) is 9.78 Å². The van der Waals surface area contributed by atoms with E-state index in [0.717, 1.165) is 63.1 Å². The Kier molecular flexibility index (Phi) is 10.1. The van der Waals surface area contributed by atoms with Gasteiger partial charge < -0.3 is 23.7 Å².